The quantitative estimate of drug-likeness (QED) is 0.204. The SMILES string of the molecule is CC[C@H]1OC(=O)[C@H](C)[C@H]2OC/C(=N/OCCNC(=O)c3ccnc4ccccc34)CO[C@](C)(C[C@@H](C)C(=O)[C@H](C)[C@@H]3CC(=O)O[C@]13C)[C@H](O[C@@H]1O[C@H](C)C[C@H](N(C)C)[C@H]1O)[C@H]2C. The van der Waals surface area contributed by atoms with Gasteiger partial charge < -0.3 is 48.6 Å². The number of para-hydroxylation sites is 1. The van der Waals surface area contributed by atoms with Gasteiger partial charge in [-0.05, 0) is 73.2 Å². The second-order valence-corrected chi connectivity index (χ2v) is 18.4. The van der Waals surface area contributed by atoms with E-state index in [1.165, 1.54) is 0 Å². The van der Waals surface area contributed by atoms with Crippen molar-refractivity contribution >= 4 is 40.2 Å². The number of aliphatic hydroxyl groups is 1. The number of amides is 1. The van der Waals surface area contributed by atoms with Crippen molar-refractivity contribution in [2.45, 2.75) is 135 Å². The van der Waals surface area contributed by atoms with Crippen LogP contribution >= 0.6 is 0 Å². The molecule has 4 fully saturated rings. The summed E-state index contributed by atoms with van der Waals surface area (Å²) in [5.41, 5.74) is -0.958. The summed E-state index contributed by atoms with van der Waals surface area (Å²) >= 11 is 0. The number of nitrogens with one attached hydrogen (secondary N) is 1. The van der Waals surface area contributed by atoms with Crippen LogP contribution in [0.2, 0.25) is 0 Å². The van der Waals surface area contributed by atoms with E-state index in [-0.39, 0.29) is 63.0 Å². The third-order valence-corrected chi connectivity index (χ3v) is 13.6. The van der Waals surface area contributed by atoms with Gasteiger partial charge in [-0.2, -0.15) is 0 Å². The zero-order valence-corrected chi connectivity index (χ0v) is 37.8. The topological polar surface area (TPSA) is 194 Å². The molecule has 1 aromatic carbocycles. The summed E-state index contributed by atoms with van der Waals surface area (Å²) < 4.78 is 38.9. The number of esters is 2. The van der Waals surface area contributed by atoms with E-state index in [0.29, 0.717) is 29.6 Å². The molecule has 16 heteroatoms. The van der Waals surface area contributed by atoms with Crippen LogP contribution in [0.15, 0.2) is 41.7 Å². The van der Waals surface area contributed by atoms with Crippen LogP contribution in [0.1, 0.15) is 91.4 Å². The Kier molecular flexibility index (Phi) is 15.1. The highest BCUT2D eigenvalue weighted by Crippen LogP contribution is 2.46. The normalized spacial score (nSPS) is 38.1. The predicted molar refractivity (Wildman–Crippen MR) is 228 cm³/mol. The molecule has 1 amide bonds. The number of fused-ring (bicyclic) bond motifs is 5. The number of rotatable bonds is 9. The summed E-state index contributed by atoms with van der Waals surface area (Å²) in [5.74, 6) is -4.74. The first kappa shape index (κ1) is 47.4. The molecule has 5 heterocycles. The van der Waals surface area contributed by atoms with Crippen molar-refractivity contribution in [1.82, 2.24) is 15.2 Å². The van der Waals surface area contributed by atoms with Crippen molar-refractivity contribution in [3.63, 3.8) is 0 Å². The highest BCUT2D eigenvalue weighted by molar-refractivity contribution is 6.05. The van der Waals surface area contributed by atoms with E-state index in [1.807, 2.05) is 77.9 Å². The lowest BCUT2D eigenvalue weighted by molar-refractivity contribution is -0.302. The highest BCUT2D eigenvalue weighted by atomic mass is 16.7. The van der Waals surface area contributed by atoms with Crippen molar-refractivity contribution in [3.8, 4) is 0 Å². The van der Waals surface area contributed by atoms with Gasteiger partial charge in [-0.15, -0.1) is 0 Å². The van der Waals surface area contributed by atoms with Crippen LogP contribution in [0, 0.1) is 29.6 Å². The second kappa shape index (κ2) is 19.8. The highest BCUT2D eigenvalue weighted by Gasteiger charge is 2.57. The van der Waals surface area contributed by atoms with Gasteiger partial charge in [-0.3, -0.25) is 24.2 Å². The maximum Gasteiger partial charge on any atom is 0.311 e. The molecule has 0 saturated carbocycles. The van der Waals surface area contributed by atoms with Gasteiger partial charge in [-0.25, -0.2) is 0 Å². The third-order valence-electron chi connectivity index (χ3n) is 13.6. The van der Waals surface area contributed by atoms with Crippen LogP contribution in [-0.2, 0) is 47.6 Å². The number of oxime groups is 1. The van der Waals surface area contributed by atoms with Crippen molar-refractivity contribution < 1.29 is 57.5 Å². The Morgan fingerprint density at radius 2 is 1.79 bits per heavy atom. The van der Waals surface area contributed by atoms with E-state index in [4.69, 9.17) is 33.3 Å². The molecule has 14 atom stereocenters. The number of benzene rings is 1. The van der Waals surface area contributed by atoms with E-state index < -0.39 is 83.4 Å². The minimum Gasteiger partial charge on any atom is -0.458 e. The molecule has 0 aliphatic carbocycles. The molecular formula is C46H66N4O12. The fourth-order valence-corrected chi connectivity index (χ4v) is 10.1. The first-order chi connectivity index (χ1) is 29.4. The average molecular weight is 867 g/mol. The van der Waals surface area contributed by atoms with Gasteiger partial charge in [0, 0.05) is 41.3 Å². The van der Waals surface area contributed by atoms with E-state index in [0.717, 1.165) is 5.39 Å². The number of nitrogens with zero attached hydrogens (tertiary/aromatic N) is 3. The molecule has 0 spiro atoms. The molecule has 2 bridgehead atoms. The Bertz CT molecular complexity index is 1960. The van der Waals surface area contributed by atoms with Crippen LogP contribution in [0.4, 0.5) is 0 Å². The molecule has 4 saturated heterocycles. The minimum absolute atomic E-state index is 0.00822. The predicted octanol–water partition coefficient (Wildman–Crippen LogP) is 4.48. The number of pyridine rings is 1. The fourth-order valence-electron chi connectivity index (χ4n) is 10.1. The summed E-state index contributed by atoms with van der Waals surface area (Å²) in [7, 11) is 3.79. The fraction of sp³-hybridized carbons (Fsp3) is 0.696. The summed E-state index contributed by atoms with van der Waals surface area (Å²) in [6.07, 6.45) is -2.33. The molecule has 342 valence electrons. The number of hydrogen-bond acceptors (Lipinski definition) is 15. The standard InChI is InChI=1S/C46H66N4O12/c1-11-36-46(8)33(21-37(51)62-46)27(4)38(52)25(2)22-45(7)41(61-44-39(53)35(50(9)10)20-26(3)59-44)28(5)40(29(6)43(55)60-36)56-23-30(24-57-45)49-58-19-18-48-42(54)32-16-17-47-34-15-13-12-14-31(32)34/h12-17,25-29,33,35-36,39-41,44,53H,11,18-24H2,1-10H3,(H,48,54)/b49-30-/t25-,26-,27-,28+,29-,33+,35+,36-,39-,40+,41-,44+,45-,46+/m1/s1. The monoisotopic (exact) mass is 866 g/mol. The number of ether oxygens (including phenoxy) is 6. The van der Waals surface area contributed by atoms with Crippen molar-refractivity contribution in [2.75, 3.05) is 40.5 Å². The molecule has 62 heavy (non-hydrogen) atoms. The Hall–Kier alpha value is -4.06. The molecule has 6 rings (SSSR count). The van der Waals surface area contributed by atoms with Crippen LogP contribution in [0.3, 0.4) is 0 Å². The molecule has 2 aromatic rings. The number of ketones is 1. The van der Waals surface area contributed by atoms with Gasteiger partial charge in [-0.1, -0.05) is 51.0 Å². The lowest BCUT2D eigenvalue weighted by Crippen LogP contribution is -2.60. The maximum atomic E-state index is 14.6. The van der Waals surface area contributed by atoms with E-state index in [9.17, 15) is 24.3 Å². The molecular weight excluding hydrogens is 801 g/mol. The summed E-state index contributed by atoms with van der Waals surface area (Å²) in [6, 6.07) is 8.79. The Balaban J connectivity index is 1.32. The van der Waals surface area contributed by atoms with Crippen molar-refractivity contribution in [1.29, 1.82) is 0 Å². The molecule has 0 unspecified atom stereocenters. The third kappa shape index (κ3) is 10.0. The number of aliphatic hydroxyl groups excluding tert-OH is 1. The van der Waals surface area contributed by atoms with Gasteiger partial charge in [0.15, 0.2) is 6.29 Å². The summed E-state index contributed by atoms with van der Waals surface area (Å²) in [4.78, 5) is 67.1. The lowest BCUT2D eigenvalue weighted by atomic mass is 9.70. The number of carbonyl (C=O) groups is 4. The van der Waals surface area contributed by atoms with Crippen molar-refractivity contribution in [2.24, 2.45) is 34.7 Å². The van der Waals surface area contributed by atoms with E-state index in [2.05, 4.69) is 15.5 Å². The number of hydrogen-bond donors (Lipinski definition) is 2. The number of Topliss-reactive ketones (excluding diaryl/α,β-unsaturated/α-hetero) is 1. The number of cyclic esters (lactones) is 1. The smallest absolute Gasteiger partial charge is 0.311 e. The number of aromatic nitrogens is 1. The first-order valence-corrected chi connectivity index (χ1v) is 22.0. The Morgan fingerprint density at radius 3 is 2.52 bits per heavy atom. The van der Waals surface area contributed by atoms with Gasteiger partial charge in [0.25, 0.3) is 5.91 Å². The van der Waals surface area contributed by atoms with Gasteiger partial charge in [0.1, 0.15) is 35.9 Å². The van der Waals surface area contributed by atoms with Gasteiger partial charge >= 0.3 is 11.9 Å². The largest absolute Gasteiger partial charge is 0.458 e. The molecule has 1 aromatic heterocycles. The number of carbonyl (C=O) groups excluding carboxylic acids is 4. The minimum atomic E-state index is -1.27. The molecule has 16 nitrogen and oxygen atoms in total. The number of likely N-dealkylation sites (N-methyl/N-ethyl adjacent to an activating group) is 1. The van der Waals surface area contributed by atoms with Crippen LogP contribution in [-0.4, -0.2) is 139 Å². The summed E-state index contributed by atoms with van der Waals surface area (Å²) in [5, 5.41) is 19.7. The van der Waals surface area contributed by atoms with Crippen molar-refractivity contribution in [3.05, 3.63) is 42.1 Å². The molecule has 4 aliphatic heterocycles. The first-order valence-electron chi connectivity index (χ1n) is 22.0. The maximum absolute atomic E-state index is 14.6. The van der Waals surface area contributed by atoms with Crippen LogP contribution in [0.25, 0.3) is 10.9 Å². The zero-order chi connectivity index (χ0) is 45.1. The lowest BCUT2D eigenvalue weighted by Gasteiger charge is -2.48. The van der Waals surface area contributed by atoms with Crippen LogP contribution < -0.4 is 5.32 Å². The van der Waals surface area contributed by atoms with E-state index in [1.54, 1.807) is 33.0 Å². The zero-order valence-electron chi connectivity index (χ0n) is 37.8. The summed E-state index contributed by atoms with van der Waals surface area (Å²) in [6.45, 7) is 14.6. The molecule has 4 aliphatic rings. The molecule has 0 radical (unpaired) electrons. The molecule has 2 N–H and O–H groups in total. The Labute approximate surface area is 364 Å². The second-order valence-electron chi connectivity index (χ2n) is 18.4. The van der Waals surface area contributed by atoms with Gasteiger partial charge in [0.05, 0.1) is 67.1 Å². The Morgan fingerprint density at radius 1 is 1.05 bits per heavy atom. The van der Waals surface area contributed by atoms with Crippen LogP contribution in [0.5, 0.6) is 0 Å². The van der Waals surface area contributed by atoms with Gasteiger partial charge in [0.2, 0.25) is 0 Å². The van der Waals surface area contributed by atoms with E-state index >= 15 is 0 Å². The average Bonchev–Trinajstić information content (AvgIpc) is 3.57.